The third kappa shape index (κ3) is 5.89. The molecule has 0 bridgehead atoms. The number of hydrogen-bond donors (Lipinski definition) is 1. The molecule has 0 aliphatic carbocycles. The lowest BCUT2D eigenvalue weighted by molar-refractivity contribution is -0.757. The highest BCUT2D eigenvalue weighted by Crippen LogP contribution is 2.10. The minimum atomic E-state index is -0.873. The fourth-order valence-corrected chi connectivity index (χ4v) is 0.971. The van der Waals surface area contributed by atoms with Gasteiger partial charge in [-0.25, -0.2) is 0 Å². The molecule has 0 aliphatic heterocycles. The highest BCUT2D eigenvalue weighted by molar-refractivity contribution is 5.69. The van der Waals surface area contributed by atoms with Gasteiger partial charge in [0.25, 0.3) is 5.09 Å². The smallest absolute Gasteiger partial charge is 0.306 e. The van der Waals surface area contributed by atoms with Crippen LogP contribution in [0.3, 0.4) is 0 Å². The van der Waals surface area contributed by atoms with Gasteiger partial charge in [0.2, 0.25) is 0 Å². The average Bonchev–Trinajstić information content (AvgIpc) is 2.03. The number of nitrogens with zero attached hydrogens (tertiary/aromatic N) is 1. The summed E-state index contributed by atoms with van der Waals surface area (Å²) in [6.45, 7) is 1.74. The van der Waals surface area contributed by atoms with Gasteiger partial charge in [-0.05, 0) is 19.3 Å². The monoisotopic (exact) mass is 191 g/mol. The Labute approximate surface area is 75.6 Å². The first-order valence-corrected chi connectivity index (χ1v) is 4.08. The van der Waals surface area contributed by atoms with Gasteiger partial charge in [0.05, 0.1) is 12.5 Å². The molecule has 6 heteroatoms. The van der Waals surface area contributed by atoms with Gasteiger partial charge in [0.15, 0.2) is 0 Å². The van der Waals surface area contributed by atoms with E-state index in [9.17, 15) is 14.9 Å². The quantitative estimate of drug-likeness (QED) is 0.369. The molecule has 0 spiro atoms. The number of carboxylic acids is 1. The van der Waals surface area contributed by atoms with E-state index >= 15 is 0 Å². The normalized spacial score (nSPS) is 12.1. The zero-order valence-electron chi connectivity index (χ0n) is 7.43. The molecule has 0 saturated carbocycles. The van der Waals surface area contributed by atoms with Crippen molar-refractivity contribution in [2.75, 3.05) is 6.61 Å². The summed E-state index contributed by atoms with van der Waals surface area (Å²) in [5.74, 6) is -1.28. The van der Waals surface area contributed by atoms with Crippen LogP contribution in [-0.4, -0.2) is 22.8 Å². The van der Waals surface area contributed by atoms with Crippen molar-refractivity contribution in [2.24, 2.45) is 5.92 Å². The minimum absolute atomic E-state index is 0.0310. The third-order valence-electron chi connectivity index (χ3n) is 1.74. The summed E-state index contributed by atoms with van der Waals surface area (Å²) < 4.78 is 0. The molecule has 0 aromatic rings. The second kappa shape index (κ2) is 6.22. The molecular weight excluding hydrogens is 178 g/mol. The molecule has 0 radical (unpaired) electrons. The van der Waals surface area contributed by atoms with Crippen molar-refractivity contribution in [3.8, 4) is 0 Å². The van der Waals surface area contributed by atoms with E-state index in [0.717, 1.165) is 0 Å². The van der Waals surface area contributed by atoms with E-state index in [0.29, 0.717) is 19.3 Å². The molecule has 1 unspecified atom stereocenters. The zero-order valence-corrected chi connectivity index (χ0v) is 7.43. The van der Waals surface area contributed by atoms with Crippen molar-refractivity contribution in [3.63, 3.8) is 0 Å². The molecule has 1 atom stereocenters. The Balaban J connectivity index is 3.50. The first-order chi connectivity index (χ1) is 6.07. The molecule has 13 heavy (non-hydrogen) atoms. The maximum absolute atomic E-state index is 10.5. The van der Waals surface area contributed by atoms with E-state index < -0.39 is 17.0 Å². The van der Waals surface area contributed by atoms with Crippen LogP contribution in [0.2, 0.25) is 0 Å². The number of carbonyl (C=O) groups is 1. The topological polar surface area (TPSA) is 89.7 Å². The Kier molecular flexibility index (Phi) is 5.58. The van der Waals surface area contributed by atoms with Crippen molar-refractivity contribution in [1.82, 2.24) is 0 Å². The SMILES string of the molecule is CCC(CCCO[N+](=O)[O-])C(=O)O. The summed E-state index contributed by atoms with van der Waals surface area (Å²) in [6, 6.07) is 0. The van der Waals surface area contributed by atoms with E-state index in [1.165, 1.54) is 0 Å². The van der Waals surface area contributed by atoms with E-state index in [1.807, 2.05) is 0 Å². The largest absolute Gasteiger partial charge is 0.481 e. The molecule has 0 aliphatic rings. The second-order valence-corrected chi connectivity index (χ2v) is 2.64. The number of aliphatic carboxylic acids is 1. The van der Waals surface area contributed by atoms with Crippen LogP contribution in [0, 0.1) is 16.0 Å². The van der Waals surface area contributed by atoms with Gasteiger partial charge in [-0.1, -0.05) is 6.92 Å². The molecule has 0 aromatic carbocycles. The van der Waals surface area contributed by atoms with Gasteiger partial charge in [0, 0.05) is 0 Å². The third-order valence-corrected chi connectivity index (χ3v) is 1.74. The molecular formula is C7H13NO5. The summed E-state index contributed by atoms with van der Waals surface area (Å²) >= 11 is 0. The predicted octanol–water partition coefficient (Wildman–Crippen LogP) is 1.09. The Bertz CT molecular complexity index is 182. The Morgan fingerprint density at radius 1 is 1.69 bits per heavy atom. The first kappa shape index (κ1) is 11.7. The van der Waals surface area contributed by atoms with Crippen LogP contribution < -0.4 is 0 Å². The highest BCUT2D eigenvalue weighted by Gasteiger charge is 2.14. The number of hydrogen-bond acceptors (Lipinski definition) is 4. The van der Waals surface area contributed by atoms with Crippen LogP contribution >= 0.6 is 0 Å². The summed E-state index contributed by atoms with van der Waals surface area (Å²) in [7, 11) is 0. The fraction of sp³-hybridized carbons (Fsp3) is 0.857. The molecule has 6 nitrogen and oxygen atoms in total. The summed E-state index contributed by atoms with van der Waals surface area (Å²) in [4.78, 5) is 24.2. The maximum Gasteiger partial charge on any atom is 0.306 e. The lowest BCUT2D eigenvalue weighted by atomic mass is 10.0. The van der Waals surface area contributed by atoms with E-state index in [2.05, 4.69) is 4.84 Å². The van der Waals surface area contributed by atoms with Crippen LogP contribution in [0.25, 0.3) is 0 Å². The zero-order chi connectivity index (χ0) is 10.3. The average molecular weight is 191 g/mol. The lowest BCUT2D eigenvalue weighted by Gasteiger charge is -2.07. The standard InChI is InChI=1S/C7H13NO5/c1-2-6(7(9)10)4-3-5-13-8(11)12/h6H,2-5H2,1H3,(H,9,10). The Morgan fingerprint density at radius 3 is 2.69 bits per heavy atom. The van der Waals surface area contributed by atoms with Crippen LogP contribution in [0.4, 0.5) is 0 Å². The molecule has 76 valence electrons. The van der Waals surface area contributed by atoms with E-state index in [4.69, 9.17) is 5.11 Å². The Morgan fingerprint density at radius 2 is 2.31 bits per heavy atom. The van der Waals surface area contributed by atoms with Crippen molar-refractivity contribution in [3.05, 3.63) is 10.1 Å². The van der Waals surface area contributed by atoms with Crippen LogP contribution in [0.15, 0.2) is 0 Å². The summed E-state index contributed by atoms with van der Waals surface area (Å²) in [5, 5.41) is 17.4. The predicted molar refractivity (Wildman–Crippen MR) is 43.6 cm³/mol. The first-order valence-electron chi connectivity index (χ1n) is 4.08. The fourth-order valence-electron chi connectivity index (χ4n) is 0.971. The molecule has 1 N–H and O–H groups in total. The minimum Gasteiger partial charge on any atom is -0.481 e. The van der Waals surface area contributed by atoms with Gasteiger partial charge in [-0.2, -0.15) is 0 Å². The number of rotatable bonds is 7. The van der Waals surface area contributed by atoms with Crippen molar-refractivity contribution in [1.29, 1.82) is 0 Å². The van der Waals surface area contributed by atoms with E-state index in [-0.39, 0.29) is 6.61 Å². The van der Waals surface area contributed by atoms with Crippen LogP contribution in [-0.2, 0) is 9.63 Å². The van der Waals surface area contributed by atoms with Crippen LogP contribution in [0.1, 0.15) is 26.2 Å². The Hall–Kier alpha value is -1.33. The molecule has 0 aromatic heterocycles. The van der Waals surface area contributed by atoms with Crippen molar-refractivity contribution >= 4 is 5.97 Å². The molecule has 0 rings (SSSR count). The second-order valence-electron chi connectivity index (χ2n) is 2.64. The lowest BCUT2D eigenvalue weighted by Crippen LogP contribution is -2.13. The molecule has 0 amide bonds. The van der Waals surface area contributed by atoms with Crippen molar-refractivity contribution < 1.29 is 19.8 Å². The maximum atomic E-state index is 10.5. The molecule has 0 fully saturated rings. The van der Waals surface area contributed by atoms with Gasteiger partial charge < -0.3 is 9.94 Å². The van der Waals surface area contributed by atoms with Gasteiger partial charge >= 0.3 is 5.97 Å². The van der Waals surface area contributed by atoms with E-state index in [1.54, 1.807) is 6.92 Å². The van der Waals surface area contributed by atoms with Crippen LogP contribution in [0.5, 0.6) is 0 Å². The highest BCUT2D eigenvalue weighted by atomic mass is 16.9. The summed E-state index contributed by atoms with van der Waals surface area (Å²) in [6.07, 6.45) is 1.35. The molecule has 0 heterocycles. The van der Waals surface area contributed by atoms with Gasteiger partial charge in [-0.15, -0.1) is 10.1 Å². The van der Waals surface area contributed by atoms with Gasteiger partial charge in [-0.3, -0.25) is 4.79 Å². The van der Waals surface area contributed by atoms with Gasteiger partial charge in [0.1, 0.15) is 0 Å². The summed E-state index contributed by atoms with van der Waals surface area (Å²) in [5.41, 5.74) is 0. The number of carboxylic acid groups (broad SMARTS) is 1. The van der Waals surface area contributed by atoms with Crippen molar-refractivity contribution in [2.45, 2.75) is 26.2 Å². The molecule has 0 saturated heterocycles.